The second-order valence-corrected chi connectivity index (χ2v) is 7.15. The van der Waals surface area contributed by atoms with Gasteiger partial charge in [0.2, 0.25) is 0 Å². The molecule has 0 radical (unpaired) electrons. The summed E-state index contributed by atoms with van der Waals surface area (Å²) in [4.78, 5) is 4.60. The Morgan fingerprint density at radius 1 is 0.586 bits per heavy atom. The van der Waals surface area contributed by atoms with Crippen LogP contribution in [-0.2, 0) is 13.3 Å². The average molecular weight is 382 g/mol. The number of aromatic nitrogens is 6. The molecule has 1 aliphatic rings. The molecule has 0 saturated carbocycles. The molecule has 0 saturated heterocycles. The Balaban J connectivity index is 1.33. The lowest BCUT2D eigenvalue weighted by Crippen LogP contribution is -2.34. The number of nitrogens with zero attached hydrogens (tertiary/aromatic N) is 8. The van der Waals surface area contributed by atoms with Crippen LogP contribution in [0.1, 0.15) is 0 Å². The van der Waals surface area contributed by atoms with Crippen molar-refractivity contribution in [1.82, 2.24) is 30.0 Å². The molecule has 0 spiro atoms. The van der Waals surface area contributed by atoms with E-state index in [-0.39, 0.29) is 0 Å². The standard InChI is InChI=1S/C21H18N8/c1-3-9-18-16(7-1)22-24-28(18)14-26-13-27(21-12-6-5-11-20(21)26)15-29-19-10-4-2-8-17(19)23-25-29/h1-12H,13-15H2. The third kappa shape index (κ3) is 2.60. The van der Waals surface area contributed by atoms with Gasteiger partial charge in [-0.3, -0.25) is 0 Å². The highest BCUT2D eigenvalue weighted by molar-refractivity contribution is 5.78. The van der Waals surface area contributed by atoms with Crippen molar-refractivity contribution in [1.29, 1.82) is 0 Å². The summed E-state index contributed by atoms with van der Waals surface area (Å²) in [6, 6.07) is 24.5. The number of para-hydroxylation sites is 4. The molecule has 6 rings (SSSR count). The maximum atomic E-state index is 4.35. The quantitative estimate of drug-likeness (QED) is 0.476. The Morgan fingerprint density at radius 3 is 1.55 bits per heavy atom. The molecule has 1 aliphatic heterocycles. The molecule has 0 fully saturated rings. The van der Waals surface area contributed by atoms with Crippen molar-refractivity contribution < 1.29 is 0 Å². The van der Waals surface area contributed by atoms with Crippen LogP contribution in [0.25, 0.3) is 22.1 Å². The molecule has 3 aromatic carbocycles. The molecule has 3 heterocycles. The zero-order valence-electron chi connectivity index (χ0n) is 15.6. The van der Waals surface area contributed by atoms with Gasteiger partial charge in [0.05, 0.1) is 29.1 Å². The number of anilines is 2. The van der Waals surface area contributed by atoms with E-state index >= 15 is 0 Å². The van der Waals surface area contributed by atoms with Gasteiger partial charge in [0.15, 0.2) is 0 Å². The fourth-order valence-electron chi connectivity index (χ4n) is 3.97. The zero-order valence-corrected chi connectivity index (χ0v) is 15.6. The number of benzene rings is 3. The number of rotatable bonds is 4. The number of hydrogen-bond acceptors (Lipinski definition) is 6. The van der Waals surface area contributed by atoms with Crippen LogP contribution in [0.3, 0.4) is 0 Å². The van der Waals surface area contributed by atoms with E-state index in [1.165, 1.54) is 11.4 Å². The van der Waals surface area contributed by atoms with E-state index in [0.717, 1.165) is 28.7 Å². The fourth-order valence-corrected chi connectivity index (χ4v) is 3.97. The smallest absolute Gasteiger partial charge is 0.116 e. The van der Waals surface area contributed by atoms with Crippen LogP contribution in [0, 0.1) is 0 Å². The molecule has 0 unspecified atom stereocenters. The van der Waals surface area contributed by atoms with Gasteiger partial charge in [0.1, 0.15) is 24.4 Å². The summed E-state index contributed by atoms with van der Waals surface area (Å²) < 4.78 is 3.89. The first-order chi connectivity index (χ1) is 14.4. The molecule has 8 heteroatoms. The van der Waals surface area contributed by atoms with Crippen molar-refractivity contribution in [3.63, 3.8) is 0 Å². The Bertz CT molecular complexity index is 1220. The third-order valence-electron chi connectivity index (χ3n) is 5.35. The van der Waals surface area contributed by atoms with E-state index < -0.39 is 0 Å². The molecule has 2 aromatic heterocycles. The summed E-state index contributed by atoms with van der Waals surface area (Å²) in [5, 5.41) is 17.3. The van der Waals surface area contributed by atoms with E-state index in [2.05, 4.69) is 66.8 Å². The van der Waals surface area contributed by atoms with Gasteiger partial charge in [-0.15, -0.1) is 10.2 Å². The van der Waals surface area contributed by atoms with Crippen molar-refractivity contribution in [3.8, 4) is 0 Å². The van der Waals surface area contributed by atoms with Gasteiger partial charge < -0.3 is 9.80 Å². The van der Waals surface area contributed by atoms with Crippen LogP contribution in [0.5, 0.6) is 0 Å². The van der Waals surface area contributed by atoms with Crippen LogP contribution in [-0.4, -0.2) is 36.7 Å². The second kappa shape index (κ2) is 6.30. The lowest BCUT2D eigenvalue weighted by Gasteiger charge is -2.21. The van der Waals surface area contributed by atoms with E-state index in [0.29, 0.717) is 13.3 Å². The summed E-state index contributed by atoms with van der Waals surface area (Å²) in [6.07, 6.45) is 0. The highest BCUT2D eigenvalue weighted by atomic mass is 15.5. The number of hydrogen-bond donors (Lipinski definition) is 0. The molecule has 29 heavy (non-hydrogen) atoms. The van der Waals surface area contributed by atoms with Gasteiger partial charge in [0, 0.05) is 0 Å². The van der Waals surface area contributed by atoms with Crippen molar-refractivity contribution in [3.05, 3.63) is 72.8 Å². The monoisotopic (exact) mass is 382 g/mol. The minimum atomic E-state index is 0.631. The van der Waals surface area contributed by atoms with Crippen LogP contribution in [0.2, 0.25) is 0 Å². The van der Waals surface area contributed by atoms with Crippen LogP contribution in [0.15, 0.2) is 72.8 Å². The maximum absolute atomic E-state index is 4.35. The van der Waals surface area contributed by atoms with Crippen LogP contribution < -0.4 is 9.80 Å². The Labute approximate surface area is 166 Å². The van der Waals surface area contributed by atoms with E-state index in [4.69, 9.17) is 0 Å². The van der Waals surface area contributed by atoms with Crippen molar-refractivity contribution >= 4 is 33.4 Å². The summed E-state index contributed by atoms with van der Waals surface area (Å²) in [5.74, 6) is 0. The minimum Gasteiger partial charge on any atom is -0.332 e. The van der Waals surface area contributed by atoms with Gasteiger partial charge >= 0.3 is 0 Å². The van der Waals surface area contributed by atoms with Crippen molar-refractivity contribution in [2.45, 2.75) is 13.3 Å². The van der Waals surface area contributed by atoms with Crippen LogP contribution in [0.4, 0.5) is 11.4 Å². The average Bonchev–Trinajstić information content (AvgIpc) is 3.46. The lowest BCUT2D eigenvalue weighted by molar-refractivity contribution is 0.542. The highest BCUT2D eigenvalue weighted by Gasteiger charge is 2.27. The summed E-state index contributed by atoms with van der Waals surface area (Å²) in [6.45, 7) is 2.00. The van der Waals surface area contributed by atoms with E-state index in [1.807, 2.05) is 45.8 Å². The SMILES string of the molecule is c1ccc2c(c1)N(Cn1nnc3ccccc31)CN2Cn1nnc2ccccc21. The third-order valence-corrected chi connectivity index (χ3v) is 5.35. The molecule has 8 nitrogen and oxygen atoms in total. The first-order valence-corrected chi connectivity index (χ1v) is 9.52. The molecule has 0 N–H and O–H groups in total. The Kier molecular flexibility index (Phi) is 3.49. The Hall–Kier alpha value is -3.94. The van der Waals surface area contributed by atoms with Crippen molar-refractivity contribution in [2.24, 2.45) is 0 Å². The zero-order chi connectivity index (χ0) is 19.2. The molecule has 0 aliphatic carbocycles. The summed E-state index contributed by atoms with van der Waals surface area (Å²) in [5.41, 5.74) is 6.24. The molecule has 0 amide bonds. The predicted molar refractivity (Wildman–Crippen MR) is 111 cm³/mol. The second-order valence-electron chi connectivity index (χ2n) is 7.15. The van der Waals surface area contributed by atoms with Gasteiger partial charge in [-0.05, 0) is 36.4 Å². The first-order valence-electron chi connectivity index (χ1n) is 9.52. The molecule has 142 valence electrons. The molecule has 0 bridgehead atoms. The van der Waals surface area contributed by atoms with Crippen molar-refractivity contribution in [2.75, 3.05) is 16.5 Å². The lowest BCUT2D eigenvalue weighted by atomic mass is 10.2. The molecular formula is C21H18N8. The molecule has 0 atom stereocenters. The topological polar surface area (TPSA) is 67.9 Å². The van der Waals surface area contributed by atoms with E-state index in [1.54, 1.807) is 0 Å². The summed E-state index contributed by atoms with van der Waals surface area (Å²) >= 11 is 0. The van der Waals surface area contributed by atoms with Crippen LogP contribution >= 0.6 is 0 Å². The minimum absolute atomic E-state index is 0.631. The van der Waals surface area contributed by atoms with E-state index in [9.17, 15) is 0 Å². The first kappa shape index (κ1) is 16.1. The Morgan fingerprint density at radius 2 is 1.03 bits per heavy atom. The molecule has 5 aromatic rings. The molecular weight excluding hydrogens is 364 g/mol. The number of fused-ring (bicyclic) bond motifs is 3. The predicted octanol–water partition coefficient (Wildman–Crippen LogP) is 3.08. The highest BCUT2D eigenvalue weighted by Crippen LogP contribution is 2.36. The van der Waals surface area contributed by atoms with Gasteiger partial charge in [-0.25, -0.2) is 9.36 Å². The summed E-state index contributed by atoms with van der Waals surface area (Å²) in [7, 11) is 0. The van der Waals surface area contributed by atoms with Gasteiger partial charge in [0.25, 0.3) is 0 Å². The maximum Gasteiger partial charge on any atom is 0.116 e. The normalized spacial score (nSPS) is 13.5. The fraction of sp³-hybridized carbons (Fsp3) is 0.143. The largest absolute Gasteiger partial charge is 0.332 e. The van der Waals surface area contributed by atoms with Gasteiger partial charge in [-0.1, -0.05) is 46.8 Å². The van der Waals surface area contributed by atoms with Gasteiger partial charge in [-0.2, -0.15) is 0 Å².